The molecule has 0 N–H and O–H groups in total. The van der Waals surface area contributed by atoms with Crippen LogP contribution < -0.4 is 0 Å². The van der Waals surface area contributed by atoms with Crippen molar-refractivity contribution in [2.75, 3.05) is 6.54 Å². The molecule has 1 aliphatic heterocycles. The number of benzene rings is 2. The lowest BCUT2D eigenvalue weighted by molar-refractivity contribution is 0.192. The quantitative estimate of drug-likeness (QED) is 0.537. The predicted molar refractivity (Wildman–Crippen MR) is 111 cm³/mol. The fraction of sp³-hybridized carbons (Fsp3) is 0.364. The second-order valence-electron chi connectivity index (χ2n) is 7.21. The third-order valence-corrected chi connectivity index (χ3v) is 6.23. The molecule has 1 aliphatic rings. The summed E-state index contributed by atoms with van der Waals surface area (Å²) in [5.74, 6) is 0. The highest BCUT2D eigenvalue weighted by Crippen LogP contribution is 2.36. The first kappa shape index (κ1) is 17.9. The number of hydrogen-bond acceptors (Lipinski definition) is 1. The van der Waals surface area contributed by atoms with E-state index in [0.717, 1.165) is 42.5 Å². The second-order valence-corrected chi connectivity index (χ2v) is 8.05. The molecule has 4 rings (SSSR count). The topological polar surface area (TPSA) is 8.17 Å². The van der Waals surface area contributed by atoms with Crippen LogP contribution in [-0.4, -0.2) is 22.1 Å². The number of fused-ring (bicyclic) bond motifs is 3. The maximum absolute atomic E-state index is 6.64. The first-order valence-electron chi connectivity index (χ1n) is 9.35. The standard InChI is InChI=1S/C22H24Cl2N2/c1-3-25-14-19-18-5-4-6-20(24)22(18)26(21(19)13-15(25)2)12-11-16-7-9-17(23)10-8-16/h4-10,15H,3,11-14H2,1-2H3. The van der Waals surface area contributed by atoms with E-state index in [0.29, 0.717) is 6.04 Å². The lowest BCUT2D eigenvalue weighted by Gasteiger charge is -2.33. The van der Waals surface area contributed by atoms with Gasteiger partial charge >= 0.3 is 0 Å². The number of hydrogen-bond donors (Lipinski definition) is 0. The van der Waals surface area contributed by atoms with Crippen molar-refractivity contribution in [2.45, 2.75) is 45.8 Å². The van der Waals surface area contributed by atoms with E-state index in [9.17, 15) is 0 Å². The summed E-state index contributed by atoms with van der Waals surface area (Å²) in [4.78, 5) is 2.55. The number of nitrogens with zero attached hydrogens (tertiary/aromatic N) is 2. The SMILES string of the molecule is CCN1Cc2c(n(CCc3ccc(Cl)cc3)c3c(Cl)cccc23)CC1C. The van der Waals surface area contributed by atoms with Crippen molar-refractivity contribution in [3.05, 3.63) is 69.3 Å². The van der Waals surface area contributed by atoms with Crippen LogP contribution in [0.25, 0.3) is 10.9 Å². The Morgan fingerprint density at radius 1 is 1.08 bits per heavy atom. The zero-order valence-corrected chi connectivity index (χ0v) is 16.8. The van der Waals surface area contributed by atoms with Gasteiger partial charge in [-0.3, -0.25) is 4.90 Å². The Morgan fingerprint density at radius 2 is 1.85 bits per heavy atom. The minimum atomic E-state index is 0.560. The summed E-state index contributed by atoms with van der Waals surface area (Å²) in [6.07, 6.45) is 2.05. The van der Waals surface area contributed by atoms with Gasteiger partial charge in [0.15, 0.2) is 0 Å². The van der Waals surface area contributed by atoms with Crippen LogP contribution in [0.15, 0.2) is 42.5 Å². The van der Waals surface area contributed by atoms with E-state index in [2.05, 4.69) is 47.6 Å². The number of likely N-dealkylation sites (N-methyl/N-ethyl adjacent to an activating group) is 1. The lowest BCUT2D eigenvalue weighted by atomic mass is 9.99. The lowest BCUT2D eigenvalue weighted by Crippen LogP contribution is -2.38. The third kappa shape index (κ3) is 3.15. The van der Waals surface area contributed by atoms with Gasteiger partial charge in [-0.2, -0.15) is 0 Å². The molecule has 1 unspecified atom stereocenters. The van der Waals surface area contributed by atoms with Crippen LogP contribution in [0.2, 0.25) is 10.0 Å². The van der Waals surface area contributed by atoms with Crippen LogP contribution in [0.3, 0.4) is 0 Å². The maximum atomic E-state index is 6.64. The molecule has 2 aromatic carbocycles. The molecule has 2 nitrogen and oxygen atoms in total. The number of aromatic nitrogens is 1. The molecule has 1 atom stereocenters. The molecule has 136 valence electrons. The van der Waals surface area contributed by atoms with Gasteiger partial charge in [-0.25, -0.2) is 0 Å². The summed E-state index contributed by atoms with van der Waals surface area (Å²) in [6.45, 7) is 7.61. The Labute approximate surface area is 165 Å². The Kier molecular flexibility index (Phi) is 5.00. The number of para-hydroxylation sites is 1. The highest BCUT2D eigenvalue weighted by molar-refractivity contribution is 6.35. The van der Waals surface area contributed by atoms with E-state index in [4.69, 9.17) is 23.2 Å². The summed E-state index contributed by atoms with van der Waals surface area (Å²) >= 11 is 12.7. The average Bonchev–Trinajstić information content (AvgIpc) is 2.94. The van der Waals surface area contributed by atoms with Crippen LogP contribution in [0.4, 0.5) is 0 Å². The second kappa shape index (κ2) is 7.26. The molecule has 0 saturated carbocycles. The third-order valence-electron chi connectivity index (χ3n) is 5.67. The van der Waals surface area contributed by atoms with Crippen LogP contribution in [-0.2, 0) is 25.9 Å². The van der Waals surface area contributed by atoms with Crippen molar-refractivity contribution in [1.29, 1.82) is 0 Å². The highest BCUT2D eigenvalue weighted by atomic mass is 35.5. The predicted octanol–water partition coefficient (Wildman–Crippen LogP) is 5.96. The molecule has 0 bridgehead atoms. The molecule has 0 spiro atoms. The first-order chi connectivity index (χ1) is 12.6. The van der Waals surface area contributed by atoms with Crippen LogP contribution >= 0.6 is 23.2 Å². The van der Waals surface area contributed by atoms with Crippen molar-refractivity contribution in [2.24, 2.45) is 0 Å². The zero-order chi connectivity index (χ0) is 18.3. The Balaban J connectivity index is 1.76. The van der Waals surface area contributed by atoms with Crippen molar-refractivity contribution < 1.29 is 0 Å². The van der Waals surface area contributed by atoms with Crippen molar-refractivity contribution in [1.82, 2.24) is 9.47 Å². The molecule has 0 amide bonds. The molecule has 3 aromatic rings. The molecular weight excluding hydrogens is 363 g/mol. The van der Waals surface area contributed by atoms with E-state index < -0.39 is 0 Å². The van der Waals surface area contributed by atoms with Crippen LogP contribution in [0, 0.1) is 0 Å². The molecule has 0 fully saturated rings. The average molecular weight is 387 g/mol. The fourth-order valence-electron chi connectivity index (χ4n) is 4.23. The fourth-order valence-corrected chi connectivity index (χ4v) is 4.63. The summed E-state index contributed by atoms with van der Waals surface area (Å²) < 4.78 is 2.46. The van der Waals surface area contributed by atoms with Crippen molar-refractivity contribution >= 4 is 34.1 Å². The summed E-state index contributed by atoms with van der Waals surface area (Å²) in [5, 5.41) is 2.95. The van der Waals surface area contributed by atoms with Gasteiger partial charge in [0, 0.05) is 41.7 Å². The maximum Gasteiger partial charge on any atom is 0.0675 e. The molecule has 2 heterocycles. The van der Waals surface area contributed by atoms with Gasteiger partial charge in [0.05, 0.1) is 10.5 Å². The first-order valence-corrected chi connectivity index (χ1v) is 10.1. The minimum Gasteiger partial charge on any atom is -0.343 e. The highest BCUT2D eigenvalue weighted by Gasteiger charge is 2.28. The molecule has 0 radical (unpaired) electrons. The molecule has 0 saturated heterocycles. The Bertz CT molecular complexity index is 927. The van der Waals surface area contributed by atoms with Crippen LogP contribution in [0.5, 0.6) is 0 Å². The normalized spacial score (nSPS) is 17.6. The Morgan fingerprint density at radius 3 is 2.58 bits per heavy atom. The molecular formula is C22H24Cl2N2. The van der Waals surface area contributed by atoms with Gasteiger partial charge in [0.2, 0.25) is 0 Å². The zero-order valence-electron chi connectivity index (χ0n) is 15.3. The molecule has 1 aromatic heterocycles. The van der Waals surface area contributed by atoms with Crippen molar-refractivity contribution in [3.63, 3.8) is 0 Å². The number of rotatable bonds is 4. The smallest absolute Gasteiger partial charge is 0.0675 e. The number of halogens is 2. The molecule has 4 heteroatoms. The summed E-state index contributed by atoms with van der Waals surface area (Å²) in [5.41, 5.74) is 5.41. The minimum absolute atomic E-state index is 0.560. The summed E-state index contributed by atoms with van der Waals surface area (Å²) in [7, 11) is 0. The van der Waals surface area contributed by atoms with E-state index in [1.54, 1.807) is 0 Å². The van der Waals surface area contributed by atoms with Gasteiger partial charge in [-0.1, -0.05) is 54.4 Å². The van der Waals surface area contributed by atoms with E-state index in [1.165, 1.54) is 27.7 Å². The van der Waals surface area contributed by atoms with E-state index in [-0.39, 0.29) is 0 Å². The Hall–Kier alpha value is -1.48. The van der Waals surface area contributed by atoms with Crippen molar-refractivity contribution in [3.8, 4) is 0 Å². The number of aryl methyl sites for hydroxylation is 2. The van der Waals surface area contributed by atoms with Gasteiger partial charge in [-0.15, -0.1) is 0 Å². The van der Waals surface area contributed by atoms with Gasteiger partial charge in [-0.05, 0) is 49.2 Å². The van der Waals surface area contributed by atoms with Gasteiger partial charge in [0.1, 0.15) is 0 Å². The van der Waals surface area contributed by atoms with Gasteiger partial charge < -0.3 is 4.57 Å². The molecule has 0 aliphatic carbocycles. The monoisotopic (exact) mass is 386 g/mol. The molecule has 26 heavy (non-hydrogen) atoms. The van der Waals surface area contributed by atoms with E-state index in [1.807, 2.05) is 18.2 Å². The van der Waals surface area contributed by atoms with E-state index >= 15 is 0 Å². The largest absolute Gasteiger partial charge is 0.343 e. The van der Waals surface area contributed by atoms with Gasteiger partial charge in [0.25, 0.3) is 0 Å². The summed E-state index contributed by atoms with van der Waals surface area (Å²) in [6, 6.07) is 15.0. The van der Waals surface area contributed by atoms with Crippen LogP contribution in [0.1, 0.15) is 30.7 Å².